The predicted octanol–water partition coefficient (Wildman–Crippen LogP) is 4.94. The summed E-state index contributed by atoms with van der Waals surface area (Å²) in [6.07, 6.45) is 7.94. The third-order valence-electron chi connectivity index (χ3n) is 6.19. The second-order valence-electron chi connectivity index (χ2n) is 8.65. The molecule has 1 saturated heterocycles. The maximum atomic E-state index is 8.50. The first-order valence-corrected chi connectivity index (χ1v) is 11.8. The molecule has 1 atom stereocenters. The minimum atomic E-state index is 0.306. The van der Waals surface area contributed by atoms with E-state index in [4.69, 9.17) is 14.9 Å². The highest BCUT2D eigenvalue weighted by atomic mass is 16.5. The number of aliphatic hydroxyl groups excluding tert-OH is 2. The van der Waals surface area contributed by atoms with Crippen molar-refractivity contribution in [2.24, 2.45) is 0 Å². The molecule has 2 heterocycles. The van der Waals surface area contributed by atoms with Crippen LogP contribution in [-0.4, -0.2) is 47.6 Å². The number of ether oxygens (including phenoxy) is 1. The average molecular weight is 439 g/mol. The number of hydrogen-bond acceptors (Lipinski definition) is 4. The Labute approximate surface area is 191 Å². The molecular weight excluding hydrogens is 400 g/mol. The van der Waals surface area contributed by atoms with Gasteiger partial charge in [0.1, 0.15) is 0 Å². The number of aromatic nitrogens is 1. The fourth-order valence-corrected chi connectivity index (χ4v) is 4.48. The Morgan fingerprint density at radius 1 is 0.938 bits per heavy atom. The van der Waals surface area contributed by atoms with Crippen LogP contribution >= 0.6 is 0 Å². The number of aliphatic hydroxyl groups is 2. The highest BCUT2D eigenvalue weighted by Gasteiger charge is 2.15. The monoisotopic (exact) mass is 438 g/mol. The SMILES string of the molecule is CO.Cc1cc2cc(-c3cccc(COC4CCCC4)c3)ccc2[nH]1.OCC1CCCN1. The van der Waals surface area contributed by atoms with Crippen molar-refractivity contribution in [2.75, 3.05) is 20.3 Å². The van der Waals surface area contributed by atoms with Gasteiger partial charge in [-0.05, 0) is 80.1 Å². The van der Waals surface area contributed by atoms with Crippen molar-refractivity contribution in [1.29, 1.82) is 0 Å². The summed E-state index contributed by atoms with van der Waals surface area (Å²) in [7, 11) is 1.00. The van der Waals surface area contributed by atoms with Gasteiger partial charge < -0.3 is 25.3 Å². The second kappa shape index (κ2) is 12.8. The lowest BCUT2D eigenvalue weighted by Crippen LogP contribution is -2.24. The normalized spacial score (nSPS) is 18.2. The van der Waals surface area contributed by atoms with Gasteiger partial charge in [0.05, 0.1) is 19.3 Å². The lowest BCUT2D eigenvalue weighted by atomic mass is 10.0. The molecule has 1 aromatic heterocycles. The smallest absolute Gasteiger partial charge is 0.0720 e. The topological polar surface area (TPSA) is 77.5 Å². The van der Waals surface area contributed by atoms with Crippen LogP contribution in [0.4, 0.5) is 0 Å². The molecule has 0 amide bonds. The minimum absolute atomic E-state index is 0.306. The molecule has 5 rings (SSSR count). The number of H-pyrrole nitrogens is 1. The van der Waals surface area contributed by atoms with Crippen LogP contribution in [0.15, 0.2) is 48.5 Å². The van der Waals surface area contributed by atoms with Crippen LogP contribution in [0.1, 0.15) is 49.8 Å². The Hall–Kier alpha value is -2.18. The lowest BCUT2D eigenvalue weighted by Gasteiger charge is -2.12. The van der Waals surface area contributed by atoms with Crippen molar-refractivity contribution in [3.05, 3.63) is 59.8 Å². The summed E-state index contributed by atoms with van der Waals surface area (Å²) in [5, 5.41) is 19.9. The molecule has 174 valence electrons. The maximum Gasteiger partial charge on any atom is 0.0720 e. The molecule has 4 N–H and O–H groups in total. The van der Waals surface area contributed by atoms with Crippen molar-refractivity contribution in [3.8, 4) is 11.1 Å². The van der Waals surface area contributed by atoms with Crippen molar-refractivity contribution in [1.82, 2.24) is 10.3 Å². The molecule has 2 aliphatic rings. The largest absolute Gasteiger partial charge is 0.400 e. The fourth-order valence-electron chi connectivity index (χ4n) is 4.48. The summed E-state index contributed by atoms with van der Waals surface area (Å²) in [6.45, 7) is 4.22. The van der Waals surface area contributed by atoms with Gasteiger partial charge >= 0.3 is 0 Å². The van der Waals surface area contributed by atoms with Crippen molar-refractivity contribution < 1.29 is 14.9 Å². The summed E-state index contributed by atoms with van der Waals surface area (Å²) >= 11 is 0. The summed E-state index contributed by atoms with van der Waals surface area (Å²) in [4.78, 5) is 3.38. The Morgan fingerprint density at radius 3 is 2.41 bits per heavy atom. The van der Waals surface area contributed by atoms with E-state index in [0.29, 0.717) is 18.8 Å². The van der Waals surface area contributed by atoms with Crippen LogP contribution < -0.4 is 5.32 Å². The molecule has 0 bridgehead atoms. The van der Waals surface area contributed by atoms with Crippen LogP contribution in [0.25, 0.3) is 22.0 Å². The third kappa shape index (κ3) is 6.91. The molecule has 5 heteroatoms. The Morgan fingerprint density at radius 2 is 1.72 bits per heavy atom. The second-order valence-corrected chi connectivity index (χ2v) is 8.65. The maximum absolute atomic E-state index is 8.50. The zero-order chi connectivity index (χ0) is 22.8. The van der Waals surface area contributed by atoms with Crippen molar-refractivity contribution in [2.45, 2.75) is 64.2 Å². The van der Waals surface area contributed by atoms with Gasteiger partial charge in [0.15, 0.2) is 0 Å². The summed E-state index contributed by atoms with van der Waals surface area (Å²) in [6, 6.07) is 18.0. The molecule has 0 spiro atoms. The molecule has 32 heavy (non-hydrogen) atoms. The minimum Gasteiger partial charge on any atom is -0.400 e. The Balaban J connectivity index is 0.000000272. The molecule has 1 unspecified atom stereocenters. The fraction of sp³-hybridized carbons (Fsp3) is 0.481. The number of aryl methyl sites for hydroxylation is 1. The molecule has 2 aromatic carbocycles. The first kappa shape index (κ1) is 24.5. The van der Waals surface area contributed by atoms with E-state index in [9.17, 15) is 0 Å². The summed E-state index contributed by atoms with van der Waals surface area (Å²) in [5.74, 6) is 0. The van der Waals surface area contributed by atoms with Crippen LogP contribution in [-0.2, 0) is 11.3 Å². The third-order valence-corrected chi connectivity index (χ3v) is 6.19. The molecule has 3 aromatic rings. The number of aromatic amines is 1. The average Bonchev–Trinajstić information content (AvgIpc) is 3.60. The summed E-state index contributed by atoms with van der Waals surface area (Å²) < 4.78 is 6.05. The van der Waals surface area contributed by atoms with E-state index in [2.05, 4.69) is 65.8 Å². The highest BCUT2D eigenvalue weighted by Crippen LogP contribution is 2.27. The zero-order valence-corrected chi connectivity index (χ0v) is 19.4. The van der Waals surface area contributed by atoms with Crippen LogP contribution in [0, 0.1) is 6.92 Å². The van der Waals surface area contributed by atoms with Crippen molar-refractivity contribution in [3.63, 3.8) is 0 Å². The number of hydrogen-bond donors (Lipinski definition) is 4. The van der Waals surface area contributed by atoms with Gasteiger partial charge in [0.25, 0.3) is 0 Å². The van der Waals surface area contributed by atoms with E-state index in [1.54, 1.807) is 0 Å². The van der Waals surface area contributed by atoms with E-state index in [0.717, 1.165) is 26.7 Å². The van der Waals surface area contributed by atoms with Gasteiger partial charge in [0.2, 0.25) is 0 Å². The van der Waals surface area contributed by atoms with Gasteiger partial charge in [0, 0.05) is 29.7 Å². The van der Waals surface area contributed by atoms with E-state index in [-0.39, 0.29) is 0 Å². The Bertz CT molecular complexity index is 941. The molecule has 0 radical (unpaired) electrons. The zero-order valence-electron chi connectivity index (χ0n) is 19.4. The molecule has 1 aliphatic carbocycles. The quantitative estimate of drug-likeness (QED) is 0.455. The molecule has 1 saturated carbocycles. The molecule has 2 fully saturated rings. The van der Waals surface area contributed by atoms with E-state index in [1.807, 2.05) is 0 Å². The molecule has 5 nitrogen and oxygen atoms in total. The first-order chi connectivity index (χ1) is 15.7. The van der Waals surface area contributed by atoms with E-state index in [1.165, 1.54) is 65.4 Å². The van der Waals surface area contributed by atoms with E-state index < -0.39 is 0 Å². The molecule has 1 aliphatic heterocycles. The van der Waals surface area contributed by atoms with Crippen LogP contribution in [0.2, 0.25) is 0 Å². The van der Waals surface area contributed by atoms with Gasteiger partial charge in [-0.1, -0.05) is 37.1 Å². The summed E-state index contributed by atoms with van der Waals surface area (Å²) in [5.41, 5.74) is 6.19. The van der Waals surface area contributed by atoms with Gasteiger partial charge in [-0.3, -0.25) is 0 Å². The number of fused-ring (bicyclic) bond motifs is 1. The van der Waals surface area contributed by atoms with Crippen LogP contribution in [0.3, 0.4) is 0 Å². The van der Waals surface area contributed by atoms with Gasteiger partial charge in [-0.25, -0.2) is 0 Å². The number of rotatable bonds is 5. The van der Waals surface area contributed by atoms with Gasteiger partial charge in [-0.2, -0.15) is 0 Å². The number of nitrogens with one attached hydrogen (secondary N) is 2. The Kier molecular flexibility index (Phi) is 9.75. The van der Waals surface area contributed by atoms with Crippen LogP contribution in [0.5, 0.6) is 0 Å². The first-order valence-electron chi connectivity index (χ1n) is 11.8. The lowest BCUT2D eigenvalue weighted by molar-refractivity contribution is 0.0457. The van der Waals surface area contributed by atoms with Gasteiger partial charge in [-0.15, -0.1) is 0 Å². The number of benzene rings is 2. The standard InChI is InChI=1S/C21H23NO.C5H11NO.CH4O/c1-15-11-19-13-18(9-10-21(19)22-15)17-6-4-5-16(12-17)14-23-20-7-2-3-8-20;7-4-5-2-1-3-6-5;1-2/h4-6,9-13,20,22H,2-3,7-8,14H2,1H3;5-7H,1-4H2;2H,1H3. The van der Waals surface area contributed by atoms with Crippen molar-refractivity contribution >= 4 is 10.9 Å². The van der Waals surface area contributed by atoms with E-state index >= 15 is 0 Å². The molecular formula is C27H38N2O3. The highest BCUT2D eigenvalue weighted by molar-refractivity contribution is 5.85. The predicted molar refractivity (Wildman–Crippen MR) is 132 cm³/mol.